The highest BCUT2D eigenvalue weighted by molar-refractivity contribution is 6.06. The van der Waals surface area contributed by atoms with Gasteiger partial charge in [0.15, 0.2) is 0 Å². The molecule has 2 amide bonds. The van der Waals surface area contributed by atoms with Gasteiger partial charge < -0.3 is 15.0 Å². The van der Waals surface area contributed by atoms with Crippen LogP contribution >= 0.6 is 0 Å². The molecule has 6 nitrogen and oxygen atoms in total. The summed E-state index contributed by atoms with van der Waals surface area (Å²) >= 11 is 0. The molecule has 3 rings (SSSR count). The summed E-state index contributed by atoms with van der Waals surface area (Å²) in [6.45, 7) is 4.72. The number of para-hydroxylation sites is 1. The standard InChI is InChI=1S/C21H25N3O3/c1-23(19-5-3-2-4-6-19)21(26)18-9-7-17(8-10-18)20(25)22-11-12-24-13-15-27-16-14-24/h2-10H,11-16H2,1H3,(H,22,25). The minimum Gasteiger partial charge on any atom is -0.379 e. The Bertz CT molecular complexity index is 756. The summed E-state index contributed by atoms with van der Waals surface area (Å²) in [5.74, 6) is -0.237. The maximum Gasteiger partial charge on any atom is 0.258 e. The van der Waals surface area contributed by atoms with Crippen molar-refractivity contribution in [2.75, 3.05) is 51.3 Å². The van der Waals surface area contributed by atoms with E-state index in [-0.39, 0.29) is 11.8 Å². The molecule has 2 aromatic rings. The second kappa shape index (κ2) is 9.30. The van der Waals surface area contributed by atoms with Crippen molar-refractivity contribution >= 4 is 17.5 Å². The van der Waals surface area contributed by atoms with Gasteiger partial charge in [-0.3, -0.25) is 14.5 Å². The first-order valence-corrected chi connectivity index (χ1v) is 9.16. The van der Waals surface area contributed by atoms with Gasteiger partial charge in [-0.15, -0.1) is 0 Å². The van der Waals surface area contributed by atoms with E-state index in [4.69, 9.17) is 4.74 Å². The largest absolute Gasteiger partial charge is 0.379 e. The van der Waals surface area contributed by atoms with Crippen molar-refractivity contribution in [1.82, 2.24) is 10.2 Å². The van der Waals surface area contributed by atoms with Crippen LogP contribution < -0.4 is 10.2 Å². The lowest BCUT2D eigenvalue weighted by molar-refractivity contribution is 0.0383. The van der Waals surface area contributed by atoms with Crippen LogP contribution in [0, 0.1) is 0 Å². The van der Waals surface area contributed by atoms with Crippen LogP contribution in [0.2, 0.25) is 0 Å². The van der Waals surface area contributed by atoms with E-state index in [1.807, 2.05) is 30.3 Å². The third-order valence-corrected chi connectivity index (χ3v) is 4.66. The molecule has 0 bridgehead atoms. The lowest BCUT2D eigenvalue weighted by atomic mass is 10.1. The fourth-order valence-corrected chi connectivity index (χ4v) is 2.98. The van der Waals surface area contributed by atoms with Crippen molar-refractivity contribution in [3.05, 3.63) is 65.7 Å². The van der Waals surface area contributed by atoms with Gasteiger partial charge >= 0.3 is 0 Å². The van der Waals surface area contributed by atoms with Crippen molar-refractivity contribution in [3.63, 3.8) is 0 Å². The first-order chi connectivity index (χ1) is 13.1. The lowest BCUT2D eigenvalue weighted by Gasteiger charge is -2.26. The monoisotopic (exact) mass is 367 g/mol. The first-order valence-electron chi connectivity index (χ1n) is 9.16. The Kier molecular flexibility index (Phi) is 6.57. The number of hydrogen-bond donors (Lipinski definition) is 1. The molecule has 1 aliphatic rings. The predicted molar refractivity (Wildman–Crippen MR) is 105 cm³/mol. The number of carbonyl (C=O) groups excluding carboxylic acids is 2. The Morgan fingerprint density at radius 1 is 1.00 bits per heavy atom. The van der Waals surface area contributed by atoms with Gasteiger partial charge in [-0.05, 0) is 36.4 Å². The van der Waals surface area contributed by atoms with Crippen molar-refractivity contribution < 1.29 is 14.3 Å². The number of rotatable bonds is 6. The maximum atomic E-state index is 12.6. The predicted octanol–water partition coefficient (Wildman–Crippen LogP) is 2.03. The van der Waals surface area contributed by atoms with Crippen LogP contribution in [0.25, 0.3) is 0 Å². The minimum atomic E-state index is -0.126. The molecule has 0 spiro atoms. The number of nitrogens with one attached hydrogen (secondary N) is 1. The smallest absolute Gasteiger partial charge is 0.258 e. The molecule has 0 atom stereocenters. The number of anilines is 1. The molecule has 6 heteroatoms. The number of ether oxygens (including phenoxy) is 1. The fraction of sp³-hybridized carbons (Fsp3) is 0.333. The lowest BCUT2D eigenvalue weighted by Crippen LogP contribution is -2.41. The molecule has 0 radical (unpaired) electrons. The molecule has 142 valence electrons. The van der Waals surface area contributed by atoms with Gasteiger partial charge in [0.25, 0.3) is 11.8 Å². The Morgan fingerprint density at radius 3 is 2.30 bits per heavy atom. The van der Waals surface area contributed by atoms with Gasteiger partial charge in [0.05, 0.1) is 13.2 Å². The third kappa shape index (κ3) is 5.15. The fourth-order valence-electron chi connectivity index (χ4n) is 2.98. The summed E-state index contributed by atoms with van der Waals surface area (Å²) in [6, 6.07) is 16.2. The van der Waals surface area contributed by atoms with Crippen LogP contribution in [-0.4, -0.2) is 63.2 Å². The van der Waals surface area contributed by atoms with Crippen molar-refractivity contribution in [2.45, 2.75) is 0 Å². The van der Waals surface area contributed by atoms with Crippen molar-refractivity contribution in [1.29, 1.82) is 0 Å². The summed E-state index contributed by atoms with van der Waals surface area (Å²) < 4.78 is 5.31. The molecule has 1 saturated heterocycles. The average Bonchev–Trinajstić information content (AvgIpc) is 2.74. The molecule has 1 fully saturated rings. The molecular weight excluding hydrogens is 342 g/mol. The summed E-state index contributed by atoms with van der Waals surface area (Å²) in [5.41, 5.74) is 1.93. The molecule has 0 aromatic heterocycles. The van der Waals surface area contributed by atoms with E-state index in [0.717, 1.165) is 38.5 Å². The molecule has 27 heavy (non-hydrogen) atoms. The summed E-state index contributed by atoms with van der Waals surface area (Å²) in [4.78, 5) is 28.7. The van der Waals surface area contributed by atoms with E-state index in [2.05, 4.69) is 10.2 Å². The summed E-state index contributed by atoms with van der Waals surface area (Å²) in [7, 11) is 1.74. The zero-order chi connectivity index (χ0) is 19.1. The molecule has 0 saturated carbocycles. The van der Waals surface area contributed by atoms with E-state index >= 15 is 0 Å². The molecule has 1 aliphatic heterocycles. The first kappa shape index (κ1) is 19.1. The highest BCUT2D eigenvalue weighted by atomic mass is 16.5. The van der Waals surface area contributed by atoms with Gasteiger partial charge in [0.1, 0.15) is 0 Å². The van der Waals surface area contributed by atoms with Crippen molar-refractivity contribution in [3.8, 4) is 0 Å². The summed E-state index contributed by atoms with van der Waals surface area (Å²) in [6.07, 6.45) is 0. The van der Waals surface area contributed by atoms with Gasteiger partial charge in [-0.25, -0.2) is 0 Å². The average molecular weight is 367 g/mol. The number of morpholine rings is 1. The molecule has 1 heterocycles. The second-order valence-electron chi connectivity index (χ2n) is 6.49. The van der Waals surface area contributed by atoms with Crippen LogP contribution in [0.1, 0.15) is 20.7 Å². The van der Waals surface area contributed by atoms with Gasteiger partial charge in [-0.1, -0.05) is 18.2 Å². The van der Waals surface area contributed by atoms with Crippen LogP contribution in [0.5, 0.6) is 0 Å². The Labute approximate surface area is 159 Å². The molecule has 1 N–H and O–H groups in total. The molecule has 0 aliphatic carbocycles. The van der Waals surface area contributed by atoms with E-state index in [1.54, 1.807) is 36.2 Å². The van der Waals surface area contributed by atoms with Crippen LogP contribution in [-0.2, 0) is 4.74 Å². The number of benzene rings is 2. The normalized spacial score (nSPS) is 14.6. The van der Waals surface area contributed by atoms with Crippen molar-refractivity contribution in [2.24, 2.45) is 0 Å². The number of amides is 2. The number of hydrogen-bond acceptors (Lipinski definition) is 4. The Balaban J connectivity index is 1.53. The van der Waals surface area contributed by atoms with Crippen LogP contribution in [0.4, 0.5) is 5.69 Å². The molecule has 2 aromatic carbocycles. The third-order valence-electron chi connectivity index (χ3n) is 4.66. The number of carbonyl (C=O) groups is 2. The Hall–Kier alpha value is -2.70. The second-order valence-corrected chi connectivity index (χ2v) is 6.49. The zero-order valence-corrected chi connectivity index (χ0v) is 15.6. The molecule has 0 unspecified atom stereocenters. The minimum absolute atomic E-state index is 0.111. The molecular formula is C21H25N3O3. The highest BCUT2D eigenvalue weighted by Gasteiger charge is 2.15. The van der Waals surface area contributed by atoms with E-state index in [1.165, 1.54) is 0 Å². The SMILES string of the molecule is CN(C(=O)c1ccc(C(=O)NCCN2CCOCC2)cc1)c1ccccc1. The van der Waals surface area contributed by atoms with E-state index in [0.29, 0.717) is 17.7 Å². The van der Waals surface area contributed by atoms with Gasteiger partial charge in [0, 0.05) is 50.0 Å². The Morgan fingerprint density at radius 2 is 1.63 bits per heavy atom. The van der Waals surface area contributed by atoms with Gasteiger partial charge in [-0.2, -0.15) is 0 Å². The quantitative estimate of drug-likeness (QED) is 0.849. The van der Waals surface area contributed by atoms with E-state index in [9.17, 15) is 9.59 Å². The van der Waals surface area contributed by atoms with Crippen LogP contribution in [0.15, 0.2) is 54.6 Å². The van der Waals surface area contributed by atoms with Gasteiger partial charge in [0.2, 0.25) is 0 Å². The number of nitrogens with zero attached hydrogens (tertiary/aromatic N) is 2. The topological polar surface area (TPSA) is 61.9 Å². The summed E-state index contributed by atoms with van der Waals surface area (Å²) in [5, 5.41) is 2.93. The maximum absolute atomic E-state index is 12.6. The van der Waals surface area contributed by atoms with E-state index < -0.39 is 0 Å². The zero-order valence-electron chi connectivity index (χ0n) is 15.6. The highest BCUT2D eigenvalue weighted by Crippen LogP contribution is 2.15. The van der Waals surface area contributed by atoms with Crippen LogP contribution in [0.3, 0.4) is 0 Å².